The molecule has 0 atom stereocenters. The summed E-state index contributed by atoms with van der Waals surface area (Å²) < 4.78 is 5.20. The van der Waals surface area contributed by atoms with Crippen molar-refractivity contribution in [2.75, 3.05) is 7.11 Å². The molecule has 0 aromatic heterocycles. The van der Waals surface area contributed by atoms with Gasteiger partial charge in [0, 0.05) is 6.54 Å². The van der Waals surface area contributed by atoms with Gasteiger partial charge in [0.1, 0.15) is 5.75 Å². The molecular weight excluding hydrogens is 260 g/mol. The third-order valence-electron chi connectivity index (χ3n) is 3.00. The molecule has 20 heavy (non-hydrogen) atoms. The van der Waals surface area contributed by atoms with Gasteiger partial charge in [-0.2, -0.15) is 0 Å². The van der Waals surface area contributed by atoms with Gasteiger partial charge in [0.25, 0.3) is 0 Å². The number of hydrogen-bond donors (Lipinski definition) is 4. The smallest absolute Gasteiger partial charge is 0.237 e. The largest absolute Gasteiger partial charge is 0.496 e. The highest BCUT2D eigenvalue weighted by molar-refractivity contribution is 5.99. The van der Waals surface area contributed by atoms with Crippen molar-refractivity contribution in [1.82, 2.24) is 5.32 Å². The Hall–Kier alpha value is -2.28. The van der Waals surface area contributed by atoms with Crippen molar-refractivity contribution < 1.29 is 14.7 Å². The fourth-order valence-corrected chi connectivity index (χ4v) is 1.52. The number of nitrogens with zero attached hydrogens (tertiary/aromatic N) is 1. The molecule has 0 heterocycles. The van der Waals surface area contributed by atoms with Crippen LogP contribution in [0.25, 0.3) is 0 Å². The van der Waals surface area contributed by atoms with Gasteiger partial charge < -0.3 is 21.4 Å². The normalized spacial score (nSPS) is 12.2. The number of rotatable bonds is 6. The van der Waals surface area contributed by atoms with Gasteiger partial charge in [-0.1, -0.05) is 11.2 Å². The first-order valence-electron chi connectivity index (χ1n) is 6.01. The molecule has 0 radical (unpaired) electrons. The standard InChI is InChI=1S/C13H20N4O3/c1-13(2,12(15)18)16-7-8-4-5-9(11(14)17-19)10(6-8)20-3/h4-6,16,19H,7H2,1-3H3,(H2,14,17)(H2,15,18). The second-order valence-corrected chi connectivity index (χ2v) is 4.86. The van der Waals surface area contributed by atoms with E-state index in [0.29, 0.717) is 17.9 Å². The van der Waals surface area contributed by atoms with Crippen LogP contribution in [-0.4, -0.2) is 29.6 Å². The number of benzene rings is 1. The van der Waals surface area contributed by atoms with Crippen LogP contribution in [0.15, 0.2) is 23.4 Å². The quantitative estimate of drug-likeness (QED) is 0.255. The summed E-state index contributed by atoms with van der Waals surface area (Å²) in [4.78, 5) is 11.2. The maximum atomic E-state index is 11.2. The number of primary amides is 1. The molecule has 0 fully saturated rings. The number of carbonyl (C=O) groups is 1. The average molecular weight is 280 g/mol. The van der Waals surface area contributed by atoms with Crippen LogP contribution in [0, 0.1) is 0 Å². The molecule has 1 aromatic carbocycles. The number of amidine groups is 1. The van der Waals surface area contributed by atoms with Crippen LogP contribution < -0.4 is 21.5 Å². The molecule has 7 heteroatoms. The molecule has 6 N–H and O–H groups in total. The summed E-state index contributed by atoms with van der Waals surface area (Å²) in [5.41, 5.74) is 11.4. The number of oxime groups is 1. The number of carbonyl (C=O) groups excluding carboxylic acids is 1. The summed E-state index contributed by atoms with van der Waals surface area (Å²) in [6.07, 6.45) is 0. The van der Waals surface area contributed by atoms with Crippen LogP contribution in [-0.2, 0) is 11.3 Å². The van der Waals surface area contributed by atoms with Crippen LogP contribution in [0.4, 0.5) is 0 Å². The van der Waals surface area contributed by atoms with E-state index in [1.54, 1.807) is 32.0 Å². The van der Waals surface area contributed by atoms with Crippen LogP contribution in [0.2, 0.25) is 0 Å². The predicted octanol–water partition coefficient (Wildman–Crippen LogP) is 0.143. The molecule has 1 rings (SSSR count). The van der Waals surface area contributed by atoms with Crippen molar-refractivity contribution in [1.29, 1.82) is 0 Å². The lowest BCUT2D eigenvalue weighted by molar-refractivity contribution is -0.123. The Balaban J connectivity index is 2.92. The zero-order valence-corrected chi connectivity index (χ0v) is 11.8. The monoisotopic (exact) mass is 280 g/mol. The molecule has 0 aliphatic heterocycles. The van der Waals surface area contributed by atoms with Gasteiger partial charge in [-0.25, -0.2) is 0 Å². The Bertz CT molecular complexity index is 526. The van der Waals surface area contributed by atoms with Gasteiger partial charge in [0.2, 0.25) is 5.91 Å². The lowest BCUT2D eigenvalue weighted by Crippen LogP contribution is -2.50. The van der Waals surface area contributed by atoms with E-state index in [1.807, 2.05) is 0 Å². The zero-order valence-electron chi connectivity index (χ0n) is 11.8. The number of nitrogens with one attached hydrogen (secondary N) is 1. The van der Waals surface area contributed by atoms with Crippen molar-refractivity contribution in [3.8, 4) is 5.75 Å². The Morgan fingerprint density at radius 2 is 2.10 bits per heavy atom. The summed E-state index contributed by atoms with van der Waals surface area (Å²) in [5, 5.41) is 14.7. The molecule has 1 amide bonds. The maximum absolute atomic E-state index is 11.2. The highest BCUT2D eigenvalue weighted by Gasteiger charge is 2.23. The van der Waals surface area contributed by atoms with E-state index >= 15 is 0 Å². The second kappa shape index (κ2) is 6.25. The van der Waals surface area contributed by atoms with Gasteiger partial charge >= 0.3 is 0 Å². The second-order valence-electron chi connectivity index (χ2n) is 4.86. The van der Waals surface area contributed by atoms with Crippen molar-refractivity contribution in [3.05, 3.63) is 29.3 Å². The molecule has 0 spiro atoms. The highest BCUT2D eigenvalue weighted by atomic mass is 16.5. The summed E-state index contributed by atoms with van der Waals surface area (Å²) in [6, 6.07) is 5.22. The van der Waals surface area contributed by atoms with E-state index in [4.69, 9.17) is 21.4 Å². The zero-order chi connectivity index (χ0) is 15.3. The number of amides is 1. The van der Waals surface area contributed by atoms with Gasteiger partial charge in [-0.05, 0) is 31.5 Å². The highest BCUT2D eigenvalue weighted by Crippen LogP contribution is 2.20. The minimum absolute atomic E-state index is 0.0289. The molecule has 0 saturated heterocycles. The van der Waals surface area contributed by atoms with E-state index in [1.165, 1.54) is 7.11 Å². The molecule has 110 valence electrons. The number of nitrogens with two attached hydrogens (primary N) is 2. The third-order valence-corrected chi connectivity index (χ3v) is 3.00. The minimum Gasteiger partial charge on any atom is -0.496 e. The Labute approximate surface area is 117 Å². The molecule has 7 nitrogen and oxygen atoms in total. The topological polar surface area (TPSA) is 123 Å². The molecular formula is C13H20N4O3. The fourth-order valence-electron chi connectivity index (χ4n) is 1.52. The first-order chi connectivity index (χ1) is 9.31. The first kappa shape index (κ1) is 15.8. The summed E-state index contributed by atoms with van der Waals surface area (Å²) in [6.45, 7) is 3.84. The van der Waals surface area contributed by atoms with Crippen molar-refractivity contribution >= 4 is 11.7 Å². The molecule has 1 aromatic rings. The first-order valence-corrected chi connectivity index (χ1v) is 6.01. The van der Waals surface area contributed by atoms with Crippen molar-refractivity contribution in [2.24, 2.45) is 16.6 Å². The average Bonchev–Trinajstić information content (AvgIpc) is 2.43. The van der Waals surface area contributed by atoms with E-state index in [0.717, 1.165) is 5.56 Å². The number of hydrogen-bond acceptors (Lipinski definition) is 5. The van der Waals surface area contributed by atoms with E-state index in [9.17, 15) is 4.79 Å². The molecule has 0 aliphatic rings. The Morgan fingerprint density at radius 3 is 2.60 bits per heavy atom. The SMILES string of the molecule is COc1cc(CNC(C)(C)C(N)=O)ccc1/C(N)=N/O. The Morgan fingerprint density at radius 1 is 1.45 bits per heavy atom. The van der Waals surface area contributed by atoms with Gasteiger partial charge in [-0.3, -0.25) is 10.1 Å². The predicted molar refractivity (Wildman–Crippen MR) is 75.6 cm³/mol. The van der Waals surface area contributed by atoms with Gasteiger partial charge in [0.05, 0.1) is 18.2 Å². The van der Waals surface area contributed by atoms with E-state index < -0.39 is 11.4 Å². The van der Waals surface area contributed by atoms with Crippen LogP contribution in [0.5, 0.6) is 5.75 Å². The number of methoxy groups -OCH3 is 1. The molecule has 0 unspecified atom stereocenters. The summed E-state index contributed by atoms with van der Waals surface area (Å²) in [7, 11) is 1.49. The maximum Gasteiger partial charge on any atom is 0.237 e. The molecule has 0 bridgehead atoms. The lowest BCUT2D eigenvalue weighted by Gasteiger charge is -2.22. The van der Waals surface area contributed by atoms with Crippen molar-refractivity contribution in [2.45, 2.75) is 25.9 Å². The molecule has 0 saturated carbocycles. The fraction of sp³-hybridized carbons (Fsp3) is 0.385. The summed E-state index contributed by atoms with van der Waals surface area (Å²) in [5.74, 6) is 0.0213. The Kier molecular flexibility index (Phi) is 4.93. The lowest BCUT2D eigenvalue weighted by atomic mass is 10.0. The van der Waals surface area contributed by atoms with Crippen LogP contribution >= 0.6 is 0 Å². The minimum atomic E-state index is -0.808. The van der Waals surface area contributed by atoms with Crippen LogP contribution in [0.1, 0.15) is 25.0 Å². The van der Waals surface area contributed by atoms with E-state index in [2.05, 4.69) is 10.5 Å². The molecule has 0 aliphatic carbocycles. The summed E-state index contributed by atoms with van der Waals surface area (Å²) >= 11 is 0. The van der Waals surface area contributed by atoms with Gasteiger partial charge in [-0.15, -0.1) is 0 Å². The number of ether oxygens (including phenoxy) is 1. The van der Waals surface area contributed by atoms with E-state index in [-0.39, 0.29) is 5.84 Å². The van der Waals surface area contributed by atoms with Crippen molar-refractivity contribution in [3.63, 3.8) is 0 Å². The third kappa shape index (κ3) is 3.61. The van der Waals surface area contributed by atoms with Gasteiger partial charge in [0.15, 0.2) is 5.84 Å². The van der Waals surface area contributed by atoms with Crippen LogP contribution in [0.3, 0.4) is 0 Å².